The number of hydrogen-bond acceptors (Lipinski definition) is 3. The van der Waals surface area contributed by atoms with Crippen LogP contribution < -0.4 is 0 Å². The van der Waals surface area contributed by atoms with Crippen LogP contribution in [0.2, 0.25) is 0 Å². The van der Waals surface area contributed by atoms with Crippen LogP contribution >= 0.6 is 0 Å². The summed E-state index contributed by atoms with van der Waals surface area (Å²) in [5.74, 6) is -4.65. The highest BCUT2D eigenvalue weighted by Gasteiger charge is 2.57. The van der Waals surface area contributed by atoms with Gasteiger partial charge in [0.1, 0.15) is 11.9 Å². The molecule has 0 unspecified atom stereocenters. The van der Waals surface area contributed by atoms with Crippen molar-refractivity contribution in [2.45, 2.75) is 44.2 Å². The van der Waals surface area contributed by atoms with E-state index in [1.54, 1.807) is 23.0 Å². The molecule has 5 rings (SSSR count). The quantitative estimate of drug-likeness (QED) is 0.301. The van der Waals surface area contributed by atoms with E-state index in [0.717, 1.165) is 35.4 Å². The molecule has 2 aromatic carbocycles. The smallest absolute Gasteiger partial charge is 0.194 e. The molecule has 3 atom stereocenters. The average Bonchev–Trinajstić information content (AvgIpc) is 3.22. The molecule has 176 valence electrons. The summed E-state index contributed by atoms with van der Waals surface area (Å²) in [4.78, 5) is 4.39. The zero-order valence-electron chi connectivity index (χ0n) is 18.5. The Kier molecular flexibility index (Phi) is 5.24. The van der Waals surface area contributed by atoms with Crippen molar-refractivity contribution in [3.05, 3.63) is 88.3 Å². The van der Waals surface area contributed by atoms with Crippen LogP contribution in [-0.4, -0.2) is 27.1 Å². The van der Waals surface area contributed by atoms with E-state index in [1.165, 1.54) is 12.1 Å². The fraction of sp³-hybridized carbons (Fsp3) is 0.308. The molecule has 0 spiro atoms. The number of halogens is 4. The number of nitrogens with zero attached hydrogens (tertiary/aromatic N) is 3. The van der Waals surface area contributed by atoms with Gasteiger partial charge in [-0.15, -0.1) is 0 Å². The normalized spacial score (nSPS) is 24.7. The van der Waals surface area contributed by atoms with Crippen LogP contribution in [0.4, 0.5) is 17.6 Å². The Balaban J connectivity index is 1.60. The molecule has 0 bridgehead atoms. The number of rotatable bonds is 4. The predicted molar refractivity (Wildman–Crippen MR) is 121 cm³/mol. The van der Waals surface area contributed by atoms with Crippen LogP contribution in [0.25, 0.3) is 11.8 Å². The second kappa shape index (κ2) is 7.91. The van der Waals surface area contributed by atoms with Gasteiger partial charge in [-0.25, -0.2) is 22.2 Å². The van der Waals surface area contributed by atoms with Crippen molar-refractivity contribution in [3.63, 3.8) is 0 Å². The minimum absolute atomic E-state index is 0.0842. The van der Waals surface area contributed by atoms with Gasteiger partial charge in [0, 0.05) is 5.41 Å². The van der Waals surface area contributed by atoms with Crippen molar-refractivity contribution in [3.8, 4) is 5.69 Å². The molecular formula is C26H23F4N3O. The average molecular weight is 469 g/mol. The summed E-state index contributed by atoms with van der Waals surface area (Å²) >= 11 is 0. The zero-order valence-corrected chi connectivity index (χ0v) is 18.5. The van der Waals surface area contributed by atoms with Crippen LogP contribution in [-0.2, 0) is 6.42 Å². The minimum atomic E-state index is -1.58. The standard InChI is InChI=1S/C26H23F4N3O/c1-25-13-16-14-32-33(19-7-5-18(27)6-8-19)22(16)12-17(25)4-3-9-26(25,31-2)24(34)15-10-20(28)23(30)21(29)11-15/h5-8,10-12,14,24,34H,2-4,9,13H2,1H3/t24-,25-,26-/m0/s1. The predicted octanol–water partition coefficient (Wildman–Crippen LogP) is 5.73. The van der Waals surface area contributed by atoms with E-state index in [4.69, 9.17) is 0 Å². The maximum absolute atomic E-state index is 14.0. The van der Waals surface area contributed by atoms with Gasteiger partial charge in [-0.1, -0.05) is 12.5 Å². The van der Waals surface area contributed by atoms with Gasteiger partial charge in [0.15, 0.2) is 17.5 Å². The first-order valence-electron chi connectivity index (χ1n) is 11.0. The number of aliphatic hydroxyl groups is 1. The lowest BCUT2D eigenvalue weighted by molar-refractivity contribution is -0.00432. The summed E-state index contributed by atoms with van der Waals surface area (Å²) in [5, 5.41) is 15.9. The van der Waals surface area contributed by atoms with E-state index in [0.29, 0.717) is 24.9 Å². The van der Waals surface area contributed by atoms with E-state index in [2.05, 4.69) is 16.8 Å². The SMILES string of the molecule is C=N[C@]1([C@@H](O)c2cc(F)c(F)c(F)c2)CCCC2=Cc3c(cnn3-c3ccc(F)cc3)C[C@@]21C. The van der Waals surface area contributed by atoms with Gasteiger partial charge in [-0.3, -0.25) is 4.99 Å². The van der Waals surface area contributed by atoms with Gasteiger partial charge >= 0.3 is 0 Å². The molecule has 4 nitrogen and oxygen atoms in total. The summed E-state index contributed by atoms with van der Waals surface area (Å²) in [6.07, 6.45) is 4.63. The fourth-order valence-corrected chi connectivity index (χ4v) is 5.68. The Hall–Kier alpha value is -3.26. The lowest BCUT2D eigenvalue weighted by atomic mass is 9.53. The van der Waals surface area contributed by atoms with Crippen LogP contribution in [0.3, 0.4) is 0 Å². The molecule has 2 aliphatic carbocycles. The van der Waals surface area contributed by atoms with Crippen molar-refractivity contribution in [2.24, 2.45) is 10.4 Å². The summed E-state index contributed by atoms with van der Waals surface area (Å²) in [6, 6.07) is 7.66. The number of benzene rings is 2. The fourth-order valence-electron chi connectivity index (χ4n) is 5.68. The Labute approximate surface area is 194 Å². The number of aromatic nitrogens is 2. The molecule has 2 aliphatic rings. The second-order valence-electron chi connectivity index (χ2n) is 9.26. The first kappa shape index (κ1) is 22.5. The molecule has 1 fully saturated rings. The number of aliphatic imine (C=N–C) groups is 1. The Bertz CT molecular complexity index is 1290. The highest BCUT2D eigenvalue weighted by atomic mass is 19.2. The molecule has 34 heavy (non-hydrogen) atoms. The zero-order chi connectivity index (χ0) is 24.3. The van der Waals surface area contributed by atoms with E-state index in [1.807, 2.05) is 13.0 Å². The summed E-state index contributed by atoms with van der Waals surface area (Å²) in [7, 11) is 0. The number of fused-ring (bicyclic) bond motifs is 2. The molecule has 8 heteroatoms. The Morgan fingerprint density at radius 3 is 2.44 bits per heavy atom. The lowest BCUT2D eigenvalue weighted by Gasteiger charge is -2.54. The van der Waals surface area contributed by atoms with E-state index in [9.17, 15) is 22.7 Å². The van der Waals surface area contributed by atoms with Crippen molar-refractivity contribution >= 4 is 12.8 Å². The van der Waals surface area contributed by atoms with Gasteiger partial charge in [-0.2, -0.15) is 5.10 Å². The monoisotopic (exact) mass is 469 g/mol. The molecule has 0 saturated heterocycles. The van der Waals surface area contributed by atoms with Crippen LogP contribution in [0.1, 0.15) is 49.1 Å². The lowest BCUT2D eigenvalue weighted by Crippen LogP contribution is -2.54. The molecule has 3 aromatic rings. The molecule has 0 radical (unpaired) electrons. The number of aliphatic hydroxyl groups excluding tert-OH is 1. The van der Waals surface area contributed by atoms with E-state index in [-0.39, 0.29) is 11.4 Å². The second-order valence-corrected chi connectivity index (χ2v) is 9.26. The molecular weight excluding hydrogens is 446 g/mol. The van der Waals surface area contributed by atoms with Crippen LogP contribution in [0.5, 0.6) is 0 Å². The van der Waals surface area contributed by atoms with Gasteiger partial charge in [0.05, 0.1) is 23.1 Å². The topological polar surface area (TPSA) is 50.4 Å². The van der Waals surface area contributed by atoms with Crippen molar-refractivity contribution in [2.75, 3.05) is 0 Å². The maximum atomic E-state index is 14.0. The first-order chi connectivity index (χ1) is 16.2. The first-order valence-corrected chi connectivity index (χ1v) is 11.0. The third-order valence-electron chi connectivity index (χ3n) is 7.54. The van der Waals surface area contributed by atoms with Gasteiger partial charge in [0.25, 0.3) is 0 Å². The molecule has 1 heterocycles. The molecule has 1 saturated carbocycles. The largest absolute Gasteiger partial charge is 0.386 e. The molecule has 0 amide bonds. The third-order valence-corrected chi connectivity index (χ3v) is 7.54. The van der Waals surface area contributed by atoms with Crippen LogP contribution in [0.15, 0.2) is 53.2 Å². The molecule has 1 N–H and O–H groups in total. The van der Waals surface area contributed by atoms with Crippen molar-refractivity contribution in [1.82, 2.24) is 9.78 Å². The van der Waals surface area contributed by atoms with Gasteiger partial charge in [-0.05, 0) is 86.0 Å². The van der Waals surface area contributed by atoms with Crippen molar-refractivity contribution in [1.29, 1.82) is 0 Å². The molecule has 1 aromatic heterocycles. The summed E-state index contributed by atoms with van der Waals surface area (Å²) in [5.41, 5.74) is 1.47. The van der Waals surface area contributed by atoms with E-state index < -0.39 is 34.5 Å². The van der Waals surface area contributed by atoms with Crippen LogP contribution in [0, 0.1) is 28.7 Å². The van der Waals surface area contributed by atoms with Gasteiger partial charge in [0.2, 0.25) is 0 Å². The highest BCUT2D eigenvalue weighted by Crippen LogP contribution is 2.59. The minimum Gasteiger partial charge on any atom is -0.386 e. The maximum Gasteiger partial charge on any atom is 0.194 e. The number of hydrogen-bond donors (Lipinski definition) is 1. The van der Waals surface area contributed by atoms with Gasteiger partial charge < -0.3 is 5.11 Å². The summed E-state index contributed by atoms with van der Waals surface area (Å²) in [6.45, 7) is 5.73. The third kappa shape index (κ3) is 3.15. The highest BCUT2D eigenvalue weighted by molar-refractivity contribution is 5.63. The van der Waals surface area contributed by atoms with Crippen molar-refractivity contribution < 1.29 is 22.7 Å². The Morgan fingerprint density at radius 2 is 1.79 bits per heavy atom. The Morgan fingerprint density at radius 1 is 1.12 bits per heavy atom. The van der Waals surface area contributed by atoms with E-state index >= 15 is 0 Å². The summed E-state index contributed by atoms with van der Waals surface area (Å²) < 4.78 is 56.7. The molecule has 0 aliphatic heterocycles.